The number of hydrogen-bond donors (Lipinski definition) is 1. The lowest BCUT2D eigenvalue weighted by Gasteiger charge is -2.42. The number of aryl methyl sites for hydroxylation is 1. The van der Waals surface area contributed by atoms with E-state index >= 15 is 0 Å². The molecule has 0 saturated carbocycles. The van der Waals surface area contributed by atoms with E-state index in [4.69, 9.17) is 0 Å². The second-order valence-corrected chi connectivity index (χ2v) is 6.57. The molecule has 1 saturated heterocycles. The minimum Gasteiger partial charge on any atom is -0.391 e. The van der Waals surface area contributed by atoms with Crippen molar-refractivity contribution in [3.05, 3.63) is 22.4 Å². The lowest BCUT2D eigenvalue weighted by molar-refractivity contribution is -0.0162. The Labute approximate surface area is 115 Å². The second-order valence-electron chi connectivity index (χ2n) is 5.54. The summed E-state index contributed by atoms with van der Waals surface area (Å²) in [4.78, 5) is 3.88. The van der Waals surface area contributed by atoms with E-state index in [0.717, 1.165) is 32.4 Å². The van der Waals surface area contributed by atoms with Crippen LogP contribution >= 0.6 is 11.3 Å². The number of hydrogen-bond acceptors (Lipinski definition) is 3. The van der Waals surface area contributed by atoms with Crippen LogP contribution in [0.5, 0.6) is 0 Å². The molecule has 1 fully saturated rings. The highest BCUT2D eigenvalue weighted by Crippen LogP contribution is 2.30. The molecule has 0 aliphatic carbocycles. The fourth-order valence-electron chi connectivity index (χ4n) is 2.94. The van der Waals surface area contributed by atoms with Gasteiger partial charge in [-0.15, -0.1) is 11.3 Å². The molecule has 2 rings (SSSR count). The van der Waals surface area contributed by atoms with Crippen LogP contribution < -0.4 is 0 Å². The third-order valence-corrected chi connectivity index (χ3v) is 5.44. The van der Waals surface area contributed by atoms with Gasteiger partial charge in [0, 0.05) is 10.4 Å². The first-order valence-corrected chi connectivity index (χ1v) is 8.00. The van der Waals surface area contributed by atoms with Crippen LogP contribution in [0, 0.1) is 0 Å². The average Bonchev–Trinajstić information content (AvgIpc) is 3.07. The van der Waals surface area contributed by atoms with Crippen LogP contribution in [-0.2, 0) is 6.42 Å². The summed E-state index contributed by atoms with van der Waals surface area (Å²) in [6, 6.07) is 4.25. The molecular weight excluding hydrogens is 242 g/mol. The average molecular weight is 267 g/mol. The summed E-state index contributed by atoms with van der Waals surface area (Å²) in [5, 5.41) is 12.7. The van der Waals surface area contributed by atoms with Gasteiger partial charge < -0.3 is 5.11 Å². The molecule has 2 heterocycles. The van der Waals surface area contributed by atoms with Gasteiger partial charge in [0.25, 0.3) is 0 Å². The highest BCUT2D eigenvalue weighted by atomic mass is 32.1. The molecule has 102 valence electrons. The molecule has 2 nitrogen and oxygen atoms in total. The monoisotopic (exact) mass is 267 g/mol. The molecular formula is C15H25NOS. The molecule has 0 amide bonds. The fraction of sp³-hybridized carbons (Fsp3) is 0.733. The van der Waals surface area contributed by atoms with Crippen LogP contribution in [0.1, 0.15) is 44.4 Å². The lowest BCUT2D eigenvalue weighted by Crippen LogP contribution is -2.53. The number of aliphatic hydroxyl groups is 1. The van der Waals surface area contributed by atoms with E-state index in [1.165, 1.54) is 17.7 Å². The number of likely N-dealkylation sites (tertiary alicyclic amines) is 1. The van der Waals surface area contributed by atoms with Crippen LogP contribution in [-0.4, -0.2) is 34.7 Å². The minimum absolute atomic E-state index is 0.0340. The molecule has 1 aliphatic rings. The summed E-state index contributed by atoms with van der Waals surface area (Å²) in [6.07, 6.45) is 5.26. The van der Waals surface area contributed by atoms with Gasteiger partial charge in [0.2, 0.25) is 0 Å². The van der Waals surface area contributed by atoms with Crippen molar-refractivity contribution in [2.24, 2.45) is 0 Å². The van der Waals surface area contributed by atoms with Crippen molar-refractivity contribution in [3.63, 3.8) is 0 Å². The van der Waals surface area contributed by atoms with Gasteiger partial charge in [-0.1, -0.05) is 13.0 Å². The third-order valence-electron chi connectivity index (χ3n) is 4.51. The zero-order valence-corrected chi connectivity index (χ0v) is 12.4. The van der Waals surface area contributed by atoms with Crippen molar-refractivity contribution in [1.82, 2.24) is 4.90 Å². The smallest absolute Gasteiger partial charge is 0.0724 e. The Morgan fingerprint density at radius 3 is 2.72 bits per heavy atom. The Kier molecular flexibility index (Phi) is 4.82. The van der Waals surface area contributed by atoms with E-state index in [2.05, 4.69) is 36.3 Å². The number of thiophene rings is 1. The van der Waals surface area contributed by atoms with Gasteiger partial charge in [0.15, 0.2) is 0 Å². The fourth-order valence-corrected chi connectivity index (χ4v) is 3.67. The summed E-state index contributed by atoms with van der Waals surface area (Å²) in [6.45, 7) is 6.74. The van der Waals surface area contributed by atoms with Crippen molar-refractivity contribution < 1.29 is 5.11 Å². The zero-order valence-electron chi connectivity index (χ0n) is 11.6. The van der Waals surface area contributed by atoms with Crippen molar-refractivity contribution >= 4 is 11.3 Å². The van der Waals surface area contributed by atoms with Crippen LogP contribution in [0.15, 0.2) is 17.5 Å². The van der Waals surface area contributed by atoms with Crippen molar-refractivity contribution in [1.29, 1.82) is 0 Å². The highest BCUT2D eigenvalue weighted by molar-refractivity contribution is 7.09. The normalized spacial score (nSPS) is 21.9. The van der Waals surface area contributed by atoms with Crippen LogP contribution in [0.3, 0.4) is 0 Å². The molecule has 2 atom stereocenters. The molecule has 3 heteroatoms. The number of nitrogens with zero attached hydrogens (tertiary/aromatic N) is 1. The molecule has 0 radical (unpaired) electrons. The number of rotatable bonds is 6. The largest absolute Gasteiger partial charge is 0.391 e. The van der Waals surface area contributed by atoms with E-state index in [1.807, 2.05) is 0 Å². The molecule has 2 unspecified atom stereocenters. The first-order chi connectivity index (χ1) is 8.66. The van der Waals surface area contributed by atoms with Gasteiger partial charge in [-0.05, 0) is 63.6 Å². The summed E-state index contributed by atoms with van der Waals surface area (Å²) < 4.78 is 0. The van der Waals surface area contributed by atoms with E-state index < -0.39 is 0 Å². The predicted octanol–water partition coefficient (Wildman–Crippen LogP) is 3.31. The quantitative estimate of drug-likeness (QED) is 0.855. The van der Waals surface area contributed by atoms with Gasteiger partial charge in [-0.2, -0.15) is 0 Å². The minimum atomic E-state index is -0.220. The molecule has 1 aromatic rings. The molecule has 1 N–H and O–H groups in total. The first kappa shape index (κ1) is 14.0. The molecule has 0 spiro atoms. The van der Waals surface area contributed by atoms with Gasteiger partial charge in [0.1, 0.15) is 0 Å². The summed E-state index contributed by atoms with van der Waals surface area (Å²) in [5.41, 5.74) is -0.0340. The summed E-state index contributed by atoms with van der Waals surface area (Å²) >= 11 is 1.79. The third kappa shape index (κ3) is 2.95. The van der Waals surface area contributed by atoms with Crippen molar-refractivity contribution in [3.8, 4) is 0 Å². The topological polar surface area (TPSA) is 23.5 Å². The Morgan fingerprint density at radius 2 is 2.17 bits per heavy atom. The molecule has 1 aromatic heterocycles. The van der Waals surface area contributed by atoms with E-state index in [9.17, 15) is 5.11 Å². The maximum absolute atomic E-state index is 10.6. The van der Waals surface area contributed by atoms with Gasteiger partial charge >= 0.3 is 0 Å². The Balaban J connectivity index is 1.93. The molecule has 0 aromatic carbocycles. The Morgan fingerprint density at radius 1 is 1.44 bits per heavy atom. The van der Waals surface area contributed by atoms with Gasteiger partial charge in [-0.25, -0.2) is 0 Å². The highest BCUT2D eigenvalue weighted by Gasteiger charge is 2.38. The number of aliphatic hydroxyl groups excluding tert-OH is 1. The molecule has 18 heavy (non-hydrogen) atoms. The zero-order chi connectivity index (χ0) is 13.0. The van der Waals surface area contributed by atoms with E-state index in [0.29, 0.717) is 0 Å². The van der Waals surface area contributed by atoms with Crippen molar-refractivity contribution in [2.75, 3.05) is 13.1 Å². The van der Waals surface area contributed by atoms with Crippen molar-refractivity contribution in [2.45, 2.75) is 57.6 Å². The summed E-state index contributed by atoms with van der Waals surface area (Å²) in [7, 11) is 0. The molecule has 0 bridgehead atoms. The lowest BCUT2D eigenvalue weighted by atomic mass is 9.87. The Bertz CT molecular complexity index is 345. The second kappa shape index (κ2) is 6.18. The van der Waals surface area contributed by atoms with E-state index in [-0.39, 0.29) is 11.6 Å². The van der Waals surface area contributed by atoms with Crippen LogP contribution in [0.2, 0.25) is 0 Å². The molecule has 1 aliphatic heterocycles. The van der Waals surface area contributed by atoms with Crippen LogP contribution in [0.4, 0.5) is 0 Å². The van der Waals surface area contributed by atoms with E-state index in [1.54, 1.807) is 11.3 Å². The predicted molar refractivity (Wildman–Crippen MR) is 78.1 cm³/mol. The Hall–Kier alpha value is -0.380. The standard InChI is InChI=1S/C15H25NOS/c1-3-15(2,16-10-4-5-11-16)14(17)9-8-13-7-6-12-18-13/h6-7,12,14,17H,3-5,8-11H2,1-2H3. The van der Waals surface area contributed by atoms with Gasteiger partial charge in [-0.3, -0.25) is 4.90 Å². The maximum atomic E-state index is 10.6. The SMILES string of the molecule is CCC(C)(C(O)CCc1cccs1)N1CCCC1. The summed E-state index contributed by atoms with van der Waals surface area (Å²) in [5.74, 6) is 0. The van der Waals surface area contributed by atoms with Crippen LogP contribution in [0.25, 0.3) is 0 Å². The first-order valence-electron chi connectivity index (χ1n) is 7.12. The van der Waals surface area contributed by atoms with Gasteiger partial charge in [0.05, 0.1) is 6.10 Å². The maximum Gasteiger partial charge on any atom is 0.0724 e.